The molecule has 0 N–H and O–H groups in total. The molecule has 1 fully saturated rings. The van der Waals surface area contributed by atoms with Gasteiger partial charge in [0, 0.05) is 13.3 Å². The number of ether oxygens (including phenoxy) is 2. The number of rotatable bonds is 5. The van der Waals surface area contributed by atoms with Gasteiger partial charge < -0.3 is 9.47 Å². The molecule has 0 unspecified atom stereocenters. The fraction of sp³-hybridized carbons (Fsp3) is 0.643. The first-order valence-electron chi connectivity index (χ1n) is 6.92. The second-order valence-electron chi connectivity index (χ2n) is 4.92. The van der Waals surface area contributed by atoms with Crippen molar-refractivity contribution in [3.05, 3.63) is 23.3 Å². The maximum Gasteiger partial charge on any atom is 0.341 e. The lowest BCUT2D eigenvalue weighted by Crippen LogP contribution is -2.28. The van der Waals surface area contributed by atoms with Crippen molar-refractivity contribution in [2.45, 2.75) is 44.6 Å². The number of esters is 1. The molecule has 0 aliphatic heterocycles. The molecule has 0 radical (unpaired) electrons. The Morgan fingerprint density at radius 1 is 1.43 bits per heavy atom. The quantitative estimate of drug-likeness (QED) is 0.782. The van der Waals surface area contributed by atoms with E-state index in [0.29, 0.717) is 12.8 Å². The normalized spacial score (nSPS) is 17.2. The van der Waals surface area contributed by atoms with Crippen molar-refractivity contribution in [3.63, 3.8) is 0 Å². The predicted molar refractivity (Wildman–Crippen MR) is 70.1 cm³/mol. The lowest BCUT2D eigenvalue weighted by Gasteiger charge is -2.26. The van der Waals surface area contributed by atoms with Gasteiger partial charge in [-0.1, -0.05) is 0 Å². The van der Waals surface area contributed by atoms with Crippen LogP contribution in [0.2, 0.25) is 0 Å². The van der Waals surface area contributed by atoms with Crippen molar-refractivity contribution >= 4 is 5.97 Å². The molecule has 2 rings (SSSR count). The molecule has 7 heteroatoms. The number of carbonyl (C=O) groups excluding carboxylic acids is 1. The van der Waals surface area contributed by atoms with Gasteiger partial charge in [-0.2, -0.15) is 0 Å². The van der Waals surface area contributed by atoms with Crippen LogP contribution in [0.25, 0.3) is 0 Å². The number of aromatic nitrogens is 2. The summed E-state index contributed by atoms with van der Waals surface area (Å²) in [6, 6.07) is 0. The second kappa shape index (κ2) is 6.43. The molecule has 116 valence electrons. The van der Waals surface area contributed by atoms with Crippen molar-refractivity contribution in [2.75, 3.05) is 13.7 Å². The largest absolute Gasteiger partial charge is 0.462 e. The van der Waals surface area contributed by atoms with Crippen LogP contribution in [0.3, 0.4) is 0 Å². The molecule has 5 nitrogen and oxygen atoms in total. The molecule has 1 aromatic rings. The summed E-state index contributed by atoms with van der Waals surface area (Å²) >= 11 is 0. The van der Waals surface area contributed by atoms with E-state index in [9.17, 15) is 13.6 Å². The molecule has 1 aliphatic carbocycles. The zero-order valence-corrected chi connectivity index (χ0v) is 12.1. The number of hydrogen-bond acceptors (Lipinski definition) is 5. The second-order valence-corrected chi connectivity index (χ2v) is 4.92. The van der Waals surface area contributed by atoms with Crippen LogP contribution < -0.4 is 0 Å². The third-order valence-electron chi connectivity index (χ3n) is 3.73. The SMILES string of the molecule is CCOC(=O)c1cnc(C2(OC)CCCC2)nc1C(F)F. The first kappa shape index (κ1) is 15.8. The Labute approximate surface area is 121 Å². The van der Waals surface area contributed by atoms with E-state index in [4.69, 9.17) is 9.47 Å². The Hall–Kier alpha value is -1.63. The molecule has 1 aliphatic rings. The average molecular weight is 300 g/mol. The third kappa shape index (κ3) is 3.02. The van der Waals surface area contributed by atoms with Crippen molar-refractivity contribution in [2.24, 2.45) is 0 Å². The average Bonchev–Trinajstić information content (AvgIpc) is 2.97. The molecule has 0 atom stereocenters. The molecule has 1 aromatic heterocycles. The summed E-state index contributed by atoms with van der Waals surface area (Å²) in [6.45, 7) is 1.71. The molecule has 1 heterocycles. The predicted octanol–water partition coefficient (Wildman–Crippen LogP) is 3.01. The number of alkyl halides is 2. The van der Waals surface area contributed by atoms with E-state index in [1.807, 2.05) is 0 Å². The van der Waals surface area contributed by atoms with Crippen LogP contribution in [0.5, 0.6) is 0 Å². The highest BCUT2D eigenvalue weighted by atomic mass is 19.3. The number of hydrogen-bond donors (Lipinski definition) is 0. The summed E-state index contributed by atoms with van der Waals surface area (Å²) in [5.41, 5.74) is -1.61. The minimum atomic E-state index is -2.87. The smallest absolute Gasteiger partial charge is 0.341 e. The maximum atomic E-state index is 13.2. The Bertz CT molecular complexity index is 517. The van der Waals surface area contributed by atoms with E-state index in [0.717, 1.165) is 19.0 Å². The van der Waals surface area contributed by atoms with Gasteiger partial charge in [-0.3, -0.25) is 0 Å². The van der Waals surface area contributed by atoms with Gasteiger partial charge in [0.25, 0.3) is 6.43 Å². The Balaban J connectivity index is 2.43. The van der Waals surface area contributed by atoms with E-state index >= 15 is 0 Å². The van der Waals surface area contributed by atoms with Gasteiger partial charge in [-0.05, 0) is 32.6 Å². The van der Waals surface area contributed by atoms with Gasteiger partial charge in [0.1, 0.15) is 16.9 Å². The zero-order chi connectivity index (χ0) is 15.5. The van der Waals surface area contributed by atoms with Crippen molar-refractivity contribution < 1.29 is 23.0 Å². The minimum Gasteiger partial charge on any atom is -0.462 e. The molecule has 0 saturated heterocycles. The van der Waals surface area contributed by atoms with Gasteiger partial charge in [0.05, 0.1) is 6.61 Å². The minimum absolute atomic E-state index is 0.102. The fourth-order valence-electron chi connectivity index (χ4n) is 2.61. The van der Waals surface area contributed by atoms with E-state index < -0.39 is 23.7 Å². The number of halogens is 2. The van der Waals surface area contributed by atoms with E-state index in [1.165, 1.54) is 7.11 Å². The van der Waals surface area contributed by atoms with Crippen LogP contribution in [0.15, 0.2) is 6.20 Å². The Kier molecular flexibility index (Phi) is 4.82. The van der Waals surface area contributed by atoms with Gasteiger partial charge >= 0.3 is 5.97 Å². The summed E-state index contributed by atoms with van der Waals surface area (Å²) in [4.78, 5) is 19.7. The third-order valence-corrected chi connectivity index (χ3v) is 3.73. The lowest BCUT2D eigenvalue weighted by atomic mass is 10.0. The van der Waals surface area contributed by atoms with Crippen LogP contribution in [0.1, 0.15) is 60.9 Å². The maximum absolute atomic E-state index is 13.2. The molecule has 1 saturated carbocycles. The molecule has 0 aromatic carbocycles. The summed E-state index contributed by atoms with van der Waals surface area (Å²) in [5, 5.41) is 0. The van der Waals surface area contributed by atoms with Gasteiger partial charge in [-0.25, -0.2) is 23.5 Å². The summed E-state index contributed by atoms with van der Waals surface area (Å²) in [6.07, 6.45) is 1.47. The monoisotopic (exact) mass is 300 g/mol. The van der Waals surface area contributed by atoms with E-state index in [2.05, 4.69) is 9.97 Å². The molecule has 0 spiro atoms. The topological polar surface area (TPSA) is 61.3 Å². The van der Waals surface area contributed by atoms with Crippen molar-refractivity contribution in [1.82, 2.24) is 9.97 Å². The number of methoxy groups -OCH3 is 1. The highest BCUT2D eigenvalue weighted by molar-refractivity contribution is 5.90. The highest BCUT2D eigenvalue weighted by Crippen LogP contribution is 2.40. The Morgan fingerprint density at radius 2 is 2.10 bits per heavy atom. The first-order chi connectivity index (χ1) is 10.0. The highest BCUT2D eigenvalue weighted by Gasteiger charge is 2.39. The van der Waals surface area contributed by atoms with Gasteiger partial charge in [0.2, 0.25) is 0 Å². The van der Waals surface area contributed by atoms with E-state index in [-0.39, 0.29) is 18.0 Å². The van der Waals surface area contributed by atoms with Crippen LogP contribution in [0.4, 0.5) is 8.78 Å². The molecule has 0 bridgehead atoms. The van der Waals surface area contributed by atoms with Crippen molar-refractivity contribution in [1.29, 1.82) is 0 Å². The fourth-order valence-corrected chi connectivity index (χ4v) is 2.61. The Morgan fingerprint density at radius 3 is 2.62 bits per heavy atom. The van der Waals surface area contributed by atoms with Crippen LogP contribution in [-0.4, -0.2) is 29.7 Å². The van der Waals surface area contributed by atoms with Gasteiger partial charge in [0.15, 0.2) is 5.82 Å². The lowest BCUT2D eigenvalue weighted by molar-refractivity contribution is -0.0171. The summed E-state index contributed by atoms with van der Waals surface area (Å²) in [7, 11) is 1.52. The first-order valence-corrected chi connectivity index (χ1v) is 6.92. The number of carbonyl (C=O) groups is 1. The van der Waals surface area contributed by atoms with Crippen molar-refractivity contribution in [3.8, 4) is 0 Å². The summed E-state index contributed by atoms with van der Waals surface area (Å²) < 4.78 is 36.6. The molecule has 0 amide bonds. The molecule has 21 heavy (non-hydrogen) atoms. The molecular formula is C14H18F2N2O3. The molecular weight excluding hydrogens is 282 g/mol. The number of nitrogens with zero attached hydrogens (tertiary/aromatic N) is 2. The van der Waals surface area contributed by atoms with E-state index in [1.54, 1.807) is 6.92 Å². The van der Waals surface area contributed by atoms with Crippen LogP contribution in [-0.2, 0) is 15.1 Å². The zero-order valence-electron chi connectivity index (χ0n) is 12.1. The van der Waals surface area contributed by atoms with Crippen LogP contribution in [0, 0.1) is 0 Å². The van der Waals surface area contributed by atoms with Crippen LogP contribution >= 0.6 is 0 Å². The van der Waals surface area contributed by atoms with Gasteiger partial charge in [-0.15, -0.1) is 0 Å². The standard InChI is InChI=1S/C14H18F2N2O3/c1-3-21-12(19)9-8-17-13(18-10(9)11(15)16)14(20-2)6-4-5-7-14/h8,11H,3-7H2,1-2H3. The summed E-state index contributed by atoms with van der Waals surface area (Å²) in [5.74, 6) is -0.622.